The first-order valence-corrected chi connectivity index (χ1v) is 3.64. The van der Waals surface area contributed by atoms with E-state index in [0.717, 1.165) is 13.0 Å². The van der Waals surface area contributed by atoms with E-state index in [2.05, 4.69) is 22.3 Å². The highest BCUT2D eigenvalue weighted by molar-refractivity contribution is 4.40. The number of aromatic nitrogens is 4. The van der Waals surface area contributed by atoms with Crippen molar-refractivity contribution in [1.82, 2.24) is 20.2 Å². The lowest BCUT2D eigenvalue weighted by Crippen LogP contribution is -2.01. The van der Waals surface area contributed by atoms with Gasteiger partial charge < -0.3 is 0 Å². The summed E-state index contributed by atoms with van der Waals surface area (Å²) in [6.45, 7) is 3.07. The summed E-state index contributed by atoms with van der Waals surface area (Å²) in [6, 6.07) is 0. The number of unbranched alkanes of at least 4 members (excludes halogenated alkanes) is 2. The summed E-state index contributed by atoms with van der Waals surface area (Å²) in [7, 11) is 0. The van der Waals surface area contributed by atoms with Crippen molar-refractivity contribution in [3.05, 3.63) is 6.33 Å². The Morgan fingerprint density at radius 2 is 2.30 bits per heavy atom. The monoisotopic (exact) mass is 140 g/mol. The maximum absolute atomic E-state index is 3.88. The average Bonchev–Trinajstić information content (AvgIpc) is 2.41. The van der Waals surface area contributed by atoms with Crippen LogP contribution in [0.15, 0.2) is 6.33 Å². The summed E-state index contributed by atoms with van der Waals surface area (Å²) in [5.74, 6) is 0. The number of rotatable bonds is 4. The highest BCUT2D eigenvalue weighted by atomic mass is 15.6. The van der Waals surface area contributed by atoms with Gasteiger partial charge >= 0.3 is 0 Å². The van der Waals surface area contributed by atoms with Crippen molar-refractivity contribution in [2.45, 2.75) is 32.7 Å². The summed E-state index contributed by atoms with van der Waals surface area (Å²) >= 11 is 0. The Bertz CT molecular complexity index is 158. The van der Waals surface area contributed by atoms with Gasteiger partial charge in [-0.3, -0.25) is 0 Å². The van der Waals surface area contributed by atoms with Gasteiger partial charge in [0.25, 0.3) is 0 Å². The molecule has 56 valence electrons. The summed E-state index contributed by atoms with van der Waals surface area (Å²) in [5.41, 5.74) is 0. The molecule has 0 saturated carbocycles. The summed E-state index contributed by atoms with van der Waals surface area (Å²) in [6.07, 6.45) is 5.08. The molecule has 4 nitrogen and oxygen atoms in total. The van der Waals surface area contributed by atoms with E-state index < -0.39 is 0 Å². The van der Waals surface area contributed by atoms with Crippen molar-refractivity contribution in [1.29, 1.82) is 0 Å². The zero-order chi connectivity index (χ0) is 7.23. The van der Waals surface area contributed by atoms with Gasteiger partial charge in [-0.15, -0.1) is 10.2 Å². The molecule has 0 unspecified atom stereocenters. The zero-order valence-corrected chi connectivity index (χ0v) is 6.19. The van der Waals surface area contributed by atoms with E-state index in [9.17, 15) is 0 Å². The smallest absolute Gasteiger partial charge is 0.162 e. The third-order valence-electron chi connectivity index (χ3n) is 1.35. The fourth-order valence-corrected chi connectivity index (χ4v) is 0.794. The predicted octanol–water partition coefficient (Wildman–Crippen LogP) is 0.863. The van der Waals surface area contributed by atoms with Crippen molar-refractivity contribution in [2.24, 2.45) is 0 Å². The van der Waals surface area contributed by atoms with E-state index in [1.54, 1.807) is 4.80 Å². The van der Waals surface area contributed by atoms with Crippen LogP contribution in [0.3, 0.4) is 0 Å². The molecule has 0 aromatic carbocycles. The molecule has 0 saturated heterocycles. The lowest BCUT2D eigenvalue weighted by Gasteiger charge is -1.94. The molecule has 0 spiro atoms. The van der Waals surface area contributed by atoms with Gasteiger partial charge in [-0.25, -0.2) is 0 Å². The number of hydrogen-bond donors (Lipinski definition) is 0. The topological polar surface area (TPSA) is 43.6 Å². The summed E-state index contributed by atoms with van der Waals surface area (Å²) in [5, 5.41) is 11.2. The molecule has 0 aliphatic heterocycles. The Kier molecular flexibility index (Phi) is 2.86. The van der Waals surface area contributed by atoms with Crippen LogP contribution in [0.25, 0.3) is 0 Å². The molecule has 0 N–H and O–H groups in total. The third kappa shape index (κ3) is 2.13. The Hall–Kier alpha value is -0.930. The Morgan fingerprint density at radius 1 is 1.40 bits per heavy atom. The number of nitrogens with zero attached hydrogens (tertiary/aromatic N) is 4. The number of aryl methyl sites for hydroxylation is 1. The highest BCUT2D eigenvalue weighted by Gasteiger charge is 1.90. The van der Waals surface area contributed by atoms with Crippen LogP contribution < -0.4 is 0 Å². The molecule has 4 heteroatoms. The SMILES string of the molecule is CCCCCn1ncnn1. The minimum atomic E-state index is 0.897. The molecule has 1 heterocycles. The van der Waals surface area contributed by atoms with Crippen molar-refractivity contribution in [2.75, 3.05) is 0 Å². The van der Waals surface area contributed by atoms with Crippen LogP contribution in [-0.2, 0) is 6.54 Å². The quantitative estimate of drug-likeness (QED) is 0.583. The lowest BCUT2D eigenvalue weighted by molar-refractivity contribution is 0.486. The van der Waals surface area contributed by atoms with Gasteiger partial charge in [0.1, 0.15) is 0 Å². The minimum absolute atomic E-state index is 0.897. The maximum Gasteiger partial charge on any atom is 0.162 e. The first-order chi connectivity index (χ1) is 4.93. The highest BCUT2D eigenvalue weighted by Crippen LogP contribution is 1.94. The molecule has 10 heavy (non-hydrogen) atoms. The van der Waals surface area contributed by atoms with Gasteiger partial charge in [-0.1, -0.05) is 19.8 Å². The van der Waals surface area contributed by atoms with Gasteiger partial charge in [0.15, 0.2) is 6.33 Å². The van der Waals surface area contributed by atoms with Gasteiger partial charge in [0.2, 0.25) is 0 Å². The van der Waals surface area contributed by atoms with E-state index >= 15 is 0 Å². The van der Waals surface area contributed by atoms with Crippen LogP contribution in [-0.4, -0.2) is 20.2 Å². The largest absolute Gasteiger partial charge is 0.164 e. The fourth-order valence-electron chi connectivity index (χ4n) is 0.794. The fraction of sp³-hybridized carbons (Fsp3) is 0.833. The number of hydrogen-bond acceptors (Lipinski definition) is 3. The standard InChI is InChI=1S/C6H12N4/c1-2-3-4-5-10-8-6-7-9-10/h6H,2-5H2,1H3. The van der Waals surface area contributed by atoms with Gasteiger partial charge in [-0.2, -0.15) is 4.80 Å². The molecular weight excluding hydrogens is 128 g/mol. The second-order valence-corrected chi connectivity index (χ2v) is 2.24. The molecule has 0 radical (unpaired) electrons. The summed E-state index contributed by atoms with van der Waals surface area (Å²) in [4.78, 5) is 1.62. The van der Waals surface area contributed by atoms with Crippen molar-refractivity contribution < 1.29 is 0 Å². The van der Waals surface area contributed by atoms with Crippen LogP contribution in [0.1, 0.15) is 26.2 Å². The first kappa shape index (κ1) is 7.18. The molecule has 0 bridgehead atoms. The minimum Gasteiger partial charge on any atom is -0.164 e. The van der Waals surface area contributed by atoms with Crippen LogP contribution in [0.2, 0.25) is 0 Å². The van der Waals surface area contributed by atoms with Crippen molar-refractivity contribution >= 4 is 0 Å². The van der Waals surface area contributed by atoms with Crippen LogP contribution >= 0.6 is 0 Å². The van der Waals surface area contributed by atoms with Crippen molar-refractivity contribution in [3.63, 3.8) is 0 Å². The zero-order valence-electron chi connectivity index (χ0n) is 6.19. The van der Waals surface area contributed by atoms with E-state index in [-0.39, 0.29) is 0 Å². The average molecular weight is 140 g/mol. The molecule has 0 fully saturated rings. The second kappa shape index (κ2) is 3.98. The molecule has 0 aliphatic carbocycles. The molecule has 0 aliphatic rings. The Balaban J connectivity index is 2.15. The van der Waals surface area contributed by atoms with E-state index in [1.165, 1.54) is 19.2 Å². The van der Waals surface area contributed by atoms with Gasteiger partial charge in [0.05, 0.1) is 6.54 Å². The molecule has 1 aromatic rings. The van der Waals surface area contributed by atoms with E-state index in [4.69, 9.17) is 0 Å². The molecule has 0 atom stereocenters. The Morgan fingerprint density at radius 3 is 2.90 bits per heavy atom. The third-order valence-corrected chi connectivity index (χ3v) is 1.35. The van der Waals surface area contributed by atoms with E-state index in [0.29, 0.717) is 0 Å². The first-order valence-electron chi connectivity index (χ1n) is 3.64. The second-order valence-electron chi connectivity index (χ2n) is 2.24. The lowest BCUT2D eigenvalue weighted by atomic mass is 10.2. The van der Waals surface area contributed by atoms with Gasteiger partial charge in [0, 0.05) is 0 Å². The van der Waals surface area contributed by atoms with E-state index in [1.807, 2.05) is 0 Å². The van der Waals surface area contributed by atoms with Crippen LogP contribution in [0.5, 0.6) is 0 Å². The summed E-state index contributed by atoms with van der Waals surface area (Å²) < 4.78 is 0. The van der Waals surface area contributed by atoms with Crippen LogP contribution in [0.4, 0.5) is 0 Å². The van der Waals surface area contributed by atoms with Gasteiger partial charge in [-0.05, 0) is 11.6 Å². The number of tetrazole rings is 1. The maximum atomic E-state index is 3.88. The molecule has 1 aromatic heterocycles. The predicted molar refractivity (Wildman–Crippen MR) is 37.3 cm³/mol. The van der Waals surface area contributed by atoms with Crippen molar-refractivity contribution in [3.8, 4) is 0 Å². The van der Waals surface area contributed by atoms with Crippen LogP contribution in [0, 0.1) is 0 Å². The Labute approximate surface area is 60.2 Å². The molecule has 0 amide bonds. The molecular formula is C6H12N4. The normalized spacial score (nSPS) is 10.1. The molecule has 1 rings (SSSR count).